The number of nitrogens with zero attached hydrogens (tertiary/aromatic N) is 2. The summed E-state index contributed by atoms with van der Waals surface area (Å²) in [4.78, 5) is 41.2. The molecular formula is C25H27N3O7. The average Bonchev–Trinajstić information content (AvgIpc) is 3.33. The number of aryl methyl sites for hydroxylation is 1. The molecule has 35 heavy (non-hydrogen) atoms. The highest BCUT2D eigenvalue weighted by Gasteiger charge is 2.17. The molecule has 0 aliphatic carbocycles. The number of nitrogens with one attached hydrogen (secondary N) is 1. The van der Waals surface area contributed by atoms with Crippen LogP contribution in [0.2, 0.25) is 0 Å². The molecule has 10 heteroatoms. The molecule has 0 unspecified atom stereocenters. The molecule has 184 valence electrons. The van der Waals surface area contributed by atoms with Crippen LogP contribution < -0.4 is 10.1 Å². The highest BCUT2D eigenvalue weighted by atomic mass is 16.5. The van der Waals surface area contributed by atoms with Gasteiger partial charge in [-0.2, -0.15) is 4.98 Å². The lowest BCUT2D eigenvalue weighted by atomic mass is 10.1. The van der Waals surface area contributed by atoms with Crippen LogP contribution in [0, 0.1) is 0 Å². The van der Waals surface area contributed by atoms with Gasteiger partial charge in [-0.15, -0.1) is 0 Å². The molecule has 0 fully saturated rings. The first kappa shape index (κ1) is 25.4. The Morgan fingerprint density at radius 2 is 1.51 bits per heavy atom. The zero-order valence-electron chi connectivity index (χ0n) is 19.8. The average molecular weight is 482 g/mol. The summed E-state index contributed by atoms with van der Waals surface area (Å²) in [6.07, 6.45) is 0.251. The van der Waals surface area contributed by atoms with Crippen molar-refractivity contribution in [3.8, 4) is 17.1 Å². The highest BCUT2D eigenvalue weighted by molar-refractivity contribution is 5.99. The predicted octanol–water partition coefficient (Wildman–Crippen LogP) is 4.06. The Morgan fingerprint density at radius 3 is 2.09 bits per heavy atom. The lowest BCUT2D eigenvalue weighted by molar-refractivity contribution is -0.116. The molecule has 0 radical (unpaired) electrons. The van der Waals surface area contributed by atoms with E-state index in [0.717, 1.165) is 11.3 Å². The molecule has 0 spiro atoms. The molecule has 1 aromatic heterocycles. The molecule has 0 aliphatic rings. The van der Waals surface area contributed by atoms with E-state index in [9.17, 15) is 14.4 Å². The number of hydrogen-bond acceptors (Lipinski definition) is 9. The molecule has 0 atom stereocenters. The highest BCUT2D eigenvalue weighted by Crippen LogP contribution is 2.21. The van der Waals surface area contributed by atoms with Crippen LogP contribution in [0.5, 0.6) is 5.75 Å². The van der Waals surface area contributed by atoms with Crippen molar-refractivity contribution in [2.45, 2.75) is 33.6 Å². The number of aromatic nitrogens is 2. The van der Waals surface area contributed by atoms with E-state index < -0.39 is 11.9 Å². The molecule has 3 aromatic rings. The molecule has 1 N–H and O–H groups in total. The SMILES string of the molecule is CCOC(=O)c1cc(NC(=O)CCc2nc(-c3ccc(OCC)cc3)no2)cc(C(=O)OCC)c1. The monoisotopic (exact) mass is 481 g/mol. The standard InChI is InChI=1S/C25H27N3O7/c1-4-32-20-9-7-16(8-10-20)23-27-22(35-28-23)12-11-21(29)26-19-14-17(24(30)33-5-2)13-18(15-19)25(31)34-6-3/h7-10,13-15H,4-6,11-12H2,1-3H3,(H,26,29). The number of esters is 2. The molecular weight excluding hydrogens is 454 g/mol. The third-order valence-electron chi connectivity index (χ3n) is 4.70. The number of amides is 1. The number of rotatable bonds is 11. The summed E-state index contributed by atoms with van der Waals surface area (Å²) in [6, 6.07) is 11.5. The summed E-state index contributed by atoms with van der Waals surface area (Å²) in [6.45, 7) is 6.18. The van der Waals surface area contributed by atoms with Crippen LogP contribution in [-0.4, -0.2) is 47.8 Å². The number of benzene rings is 2. The van der Waals surface area contributed by atoms with Crippen molar-refractivity contribution < 1.29 is 33.1 Å². The van der Waals surface area contributed by atoms with Crippen LogP contribution in [0.25, 0.3) is 11.4 Å². The second kappa shape index (κ2) is 12.3. The van der Waals surface area contributed by atoms with Crippen LogP contribution >= 0.6 is 0 Å². The van der Waals surface area contributed by atoms with Gasteiger partial charge < -0.3 is 24.1 Å². The van der Waals surface area contributed by atoms with Gasteiger partial charge in [0.25, 0.3) is 0 Å². The first-order chi connectivity index (χ1) is 16.9. The summed E-state index contributed by atoms with van der Waals surface area (Å²) in [5.41, 5.74) is 1.29. The fourth-order valence-electron chi connectivity index (χ4n) is 3.15. The summed E-state index contributed by atoms with van der Waals surface area (Å²) in [5.74, 6) is -0.124. The van der Waals surface area contributed by atoms with Gasteiger partial charge in [-0.1, -0.05) is 5.16 Å². The maximum absolute atomic E-state index is 12.5. The van der Waals surface area contributed by atoms with Crippen molar-refractivity contribution in [1.29, 1.82) is 0 Å². The van der Waals surface area contributed by atoms with Gasteiger partial charge in [-0.3, -0.25) is 4.79 Å². The molecule has 2 aromatic carbocycles. The zero-order chi connectivity index (χ0) is 25.2. The summed E-state index contributed by atoms with van der Waals surface area (Å²) >= 11 is 0. The van der Waals surface area contributed by atoms with Crippen LogP contribution in [0.3, 0.4) is 0 Å². The quantitative estimate of drug-likeness (QED) is 0.403. The number of carbonyl (C=O) groups excluding carboxylic acids is 3. The maximum Gasteiger partial charge on any atom is 0.338 e. The topological polar surface area (TPSA) is 130 Å². The summed E-state index contributed by atoms with van der Waals surface area (Å²) in [5, 5.41) is 6.64. The van der Waals surface area contributed by atoms with E-state index in [0.29, 0.717) is 18.3 Å². The molecule has 3 rings (SSSR count). The molecule has 0 saturated heterocycles. The minimum absolute atomic E-state index is 0.0449. The molecule has 0 aliphatic heterocycles. The van der Waals surface area contributed by atoms with Crippen molar-refractivity contribution in [2.75, 3.05) is 25.1 Å². The van der Waals surface area contributed by atoms with E-state index in [4.69, 9.17) is 18.7 Å². The molecule has 1 heterocycles. The third kappa shape index (κ3) is 7.13. The molecule has 10 nitrogen and oxygen atoms in total. The van der Waals surface area contributed by atoms with Gasteiger partial charge in [0.2, 0.25) is 17.6 Å². The van der Waals surface area contributed by atoms with Gasteiger partial charge in [0, 0.05) is 24.1 Å². The van der Waals surface area contributed by atoms with E-state index in [-0.39, 0.29) is 48.8 Å². The Hall–Kier alpha value is -4.21. The number of carbonyl (C=O) groups is 3. The van der Waals surface area contributed by atoms with Crippen molar-refractivity contribution >= 4 is 23.5 Å². The number of hydrogen-bond donors (Lipinski definition) is 1. The minimum Gasteiger partial charge on any atom is -0.494 e. The Morgan fingerprint density at radius 1 is 0.886 bits per heavy atom. The zero-order valence-corrected chi connectivity index (χ0v) is 19.8. The first-order valence-corrected chi connectivity index (χ1v) is 11.3. The lowest BCUT2D eigenvalue weighted by Crippen LogP contribution is -2.15. The fourth-order valence-corrected chi connectivity index (χ4v) is 3.15. The maximum atomic E-state index is 12.5. The van der Waals surface area contributed by atoms with Gasteiger partial charge in [0.15, 0.2) is 0 Å². The van der Waals surface area contributed by atoms with Crippen LogP contribution in [0.15, 0.2) is 47.0 Å². The Labute approximate surface area is 202 Å². The van der Waals surface area contributed by atoms with E-state index in [1.54, 1.807) is 13.8 Å². The lowest BCUT2D eigenvalue weighted by Gasteiger charge is -2.10. The van der Waals surface area contributed by atoms with Crippen molar-refractivity contribution in [1.82, 2.24) is 10.1 Å². The molecule has 1 amide bonds. The van der Waals surface area contributed by atoms with Gasteiger partial charge in [-0.05, 0) is 63.2 Å². The summed E-state index contributed by atoms with van der Waals surface area (Å²) < 4.78 is 20.7. The Bertz CT molecular complexity index is 1140. The predicted molar refractivity (Wildman–Crippen MR) is 126 cm³/mol. The second-order valence-corrected chi connectivity index (χ2v) is 7.26. The van der Waals surface area contributed by atoms with Gasteiger partial charge in [-0.25, -0.2) is 9.59 Å². The van der Waals surface area contributed by atoms with Crippen LogP contribution in [0.1, 0.15) is 53.8 Å². The first-order valence-electron chi connectivity index (χ1n) is 11.3. The fraction of sp³-hybridized carbons (Fsp3) is 0.320. The minimum atomic E-state index is -0.609. The smallest absolute Gasteiger partial charge is 0.338 e. The molecule has 0 bridgehead atoms. The van der Waals surface area contributed by atoms with Gasteiger partial charge >= 0.3 is 11.9 Å². The van der Waals surface area contributed by atoms with Crippen molar-refractivity contribution in [3.05, 3.63) is 59.5 Å². The van der Waals surface area contributed by atoms with E-state index in [2.05, 4.69) is 15.5 Å². The van der Waals surface area contributed by atoms with Gasteiger partial charge in [0.05, 0.1) is 30.9 Å². The third-order valence-corrected chi connectivity index (χ3v) is 4.70. The van der Waals surface area contributed by atoms with E-state index in [1.165, 1.54) is 18.2 Å². The van der Waals surface area contributed by atoms with Crippen molar-refractivity contribution in [3.63, 3.8) is 0 Å². The van der Waals surface area contributed by atoms with E-state index in [1.807, 2.05) is 31.2 Å². The van der Waals surface area contributed by atoms with Gasteiger partial charge in [0.1, 0.15) is 5.75 Å². The number of ether oxygens (including phenoxy) is 3. The second-order valence-electron chi connectivity index (χ2n) is 7.26. The molecule has 0 saturated carbocycles. The van der Waals surface area contributed by atoms with E-state index >= 15 is 0 Å². The van der Waals surface area contributed by atoms with Crippen LogP contribution in [-0.2, 0) is 20.7 Å². The normalized spacial score (nSPS) is 10.5. The largest absolute Gasteiger partial charge is 0.494 e. The Kier molecular flexibility index (Phi) is 8.94. The summed E-state index contributed by atoms with van der Waals surface area (Å²) in [7, 11) is 0. The van der Waals surface area contributed by atoms with Crippen LogP contribution in [0.4, 0.5) is 5.69 Å². The Balaban J connectivity index is 1.65. The number of anilines is 1. The van der Waals surface area contributed by atoms with Crippen molar-refractivity contribution in [2.24, 2.45) is 0 Å².